The highest BCUT2D eigenvalue weighted by Gasteiger charge is 2.13. The number of ether oxygens (including phenoxy) is 2. The predicted octanol–water partition coefficient (Wildman–Crippen LogP) is 2.99. The zero-order chi connectivity index (χ0) is 15.2. The van der Waals surface area contributed by atoms with Gasteiger partial charge in [0.15, 0.2) is 11.5 Å². The first-order chi connectivity index (χ1) is 10.2. The van der Waals surface area contributed by atoms with Gasteiger partial charge in [-0.05, 0) is 35.9 Å². The number of nitrogens with one attached hydrogen (secondary N) is 1. The van der Waals surface area contributed by atoms with Gasteiger partial charge in [-0.1, -0.05) is 12.1 Å². The third-order valence-electron chi connectivity index (χ3n) is 3.16. The van der Waals surface area contributed by atoms with Crippen LogP contribution in [-0.2, 0) is 0 Å². The van der Waals surface area contributed by atoms with Crippen LogP contribution in [0.3, 0.4) is 0 Å². The number of benzene rings is 2. The SMILES string of the molecule is COc1ccc(C(CO)Nc2cccc(F)c2)cc1OC. The van der Waals surface area contributed by atoms with Crippen LogP contribution in [0.5, 0.6) is 11.5 Å². The Morgan fingerprint density at radius 1 is 1.10 bits per heavy atom. The summed E-state index contributed by atoms with van der Waals surface area (Å²) in [6.07, 6.45) is 0. The molecule has 0 aliphatic heterocycles. The molecule has 112 valence electrons. The van der Waals surface area contributed by atoms with Crippen LogP contribution in [0.2, 0.25) is 0 Å². The molecule has 2 aromatic rings. The Morgan fingerprint density at radius 2 is 1.86 bits per heavy atom. The molecule has 0 saturated carbocycles. The Bertz CT molecular complexity index is 604. The molecule has 0 spiro atoms. The van der Waals surface area contributed by atoms with Gasteiger partial charge in [-0.3, -0.25) is 0 Å². The van der Waals surface area contributed by atoms with Crippen molar-refractivity contribution in [2.24, 2.45) is 0 Å². The number of rotatable bonds is 6. The standard InChI is InChI=1S/C16H18FNO3/c1-20-15-7-6-11(8-16(15)21-2)14(10-19)18-13-5-3-4-12(17)9-13/h3-9,14,18-19H,10H2,1-2H3. The van der Waals surface area contributed by atoms with Gasteiger partial charge in [0.05, 0.1) is 26.9 Å². The maximum atomic E-state index is 13.2. The number of aliphatic hydroxyl groups excluding tert-OH is 1. The molecule has 0 amide bonds. The predicted molar refractivity (Wildman–Crippen MR) is 79.4 cm³/mol. The van der Waals surface area contributed by atoms with Crippen molar-refractivity contribution in [2.75, 3.05) is 26.1 Å². The van der Waals surface area contributed by atoms with Crippen LogP contribution in [0.4, 0.5) is 10.1 Å². The van der Waals surface area contributed by atoms with E-state index in [1.165, 1.54) is 12.1 Å². The average Bonchev–Trinajstić information content (AvgIpc) is 2.52. The van der Waals surface area contributed by atoms with Gasteiger partial charge in [-0.15, -0.1) is 0 Å². The van der Waals surface area contributed by atoms with Crippen LogP contribution in [-0.4, -0.2) is 25.9 Å². The quantitative estimate of drug-likeness (QED) is 0.859. The molecule has 4 nitrogen and oxygen atoms in total. The summed E-state index contributed by atoms with van der Waals surface area (Å²) in [5, 5.41) is 12.7. The van der Waals surface area contributed by atoms with Crippen molar-refractivity contribution in [2.45, 2.75) is 6.04 Å². The molecule has 0 heterocycles. The van der Waals surface area contributed by atoms with E-state index in [9.17, 15) is 9.50 Å². The largest absolute Gasteiger partial charge is 0.493 e. The first-order valence-electron chi connectivity index (χ1n) is 6.52. The van der Waals surface area contributed by atoms with Gasteiger partial charge in [-0.2, -0.15) is 0 Å². The van der Waals surface area contributed by atoms with E-state index in [-0.39, 0.29) is 18.5 Å². The van der Waals surface area contributed by atoms with Gasteiger partial charge >= 0.3 is 0 Å². The summed E-state index contributed by atoms with van der Waals surface area (Å²) in [7, 11) is 3.11. The molecule has 2 aromatic carbocycles. The molecular formula is C16H18FNO3. The van der Waals surface area contributed by atoms with E-state index in [2.05, 4.69) is 5.32 Å². The first-order valence-corrected chi connectivity index (χ1v) is 6.52. The summed E-state index contributed by atoms with van der Waals surface area (Å²) in [6, 6.07) is 11.1. The molecule has 1 atom stereocenters. The Kier molecular flexibility index (Phi) is 5.00. The molecule has 1 unspecified atom stereocenters. The van der Waals surface area contributed by atoms with Crippen LogP contribution >= 0.6 is 0 Å². The van der Waals surface area contributed by atoms with E-state index >= 15 is 0 Å². The smallest absolute Gasteiger partial charge is 0.161 e. The minimum absolute atomic E-state index is 0.133. The highest BCUT2D eigenvalue weighted by Crippen LogP contribution is 2.31. The number of hydrogen-bond acceptors (Lipinski definition) is 4. The van der Waals surface area contributed by atoms with Crippen molar-refractivity contribution in [1.29, 1.82) is 0 Å². The summed E-state index contributed by atoms with van der Waals surface area (Å²) in [6.45, 7) is -0.133. The third-order valence-corrected chi connectivity index (χ3v) is 3.16. The molecule has 2 rings (SSSR count). The lowest BCUT2D eigenvalue weighted by atomic mass is 10.1. The van der Waals surface area contributed by atoms with Gasteiger partial charge in [0.2, 0.25) is 0 Å². The van der Waals surface area contributed by atoms with Gasteiger partial charge in [0, 0.05) is 5.69 Å². The molecule has 0 aliphatic rings. The van der Waals surface area contributed by atoms with Crippen LogP contribution in [0, 0.1) is 5.82 Å². The summed E-state index contributed by atoms with van der Waals surface area (Å²) >= 11 is 0. The molecule has 0 aliphatic carbocycles. The van der Waals surface area contributed by atoms with E-state index in [1.807, 2.05) is 6.07 Å². The summed E-state index contributed by atoms with van der Waals surface area (Å²) in [4.78, 5) is 0. The van der Waals surface area contributed by atoms with E-state index in [1.54, 1.807) is 38.5 Å². The number of anilines is 1. The van der Waals surface area contributed by atoms with Gasteiger partial charge in [-0.25, -0.2) is 4.39 Å². The van der Waals surface area contributed by atoms with E-state index in [0.717, 1.165) is 5.56 Å². The number of hydrogen-bond donors (Lipinski definition) is 2. The fourth-order valence-electron chi connectivity index (χ4n) is 2.08. The highest BCUT2D eigenvalue weighted by molar-refractivity contribution is 5.49. The van der Waals surface area contributed by atoms with Crippen LogP contribution in [0.1, 0.15) is 11.6 Å². The van der Waals surface area contributed by atoms with Gasteiger partial charge in [0.25, 0.3) is 0 Å². The molecule has 0 radical (unpaired) electrons. The van der Waals surface area contributed by atoms with Crippen molar-refractivity contribution in [3.05, 3.63) is 53.8 Å². The maximum absolute atomic E-state index is 13.2. The fourth-order valence-corrected chi connectivity index (χ4v) is 2.08. The third kappa shape index (κ3) is 3.64. The fraction of sp³-hybridized carbons (Fsp3) is 0.250. The lowest BCUT2D eigenvalue weighted by Crippen LogP contribution is -2.15. The monoisotopic (exact) mass is 291 g/mol. The molecule has 0 fully saturated rings. The molecule has 0 saturated heterocycles. The van der Waals surface area contributed by atoms with Crippen molar-refractivity contribution < 1.29 is 19.0 Å². The summed E-state index contributed by atoms with van der Waals surface area (Å²) in [5.41, 5.74) is 1.42. The molecule has 0 aromatic heterocycles. The van der Waals surface area contributed by atoms with Gasteiger partial charge in [0.1, 0.15) is 5.82 Å². The van der Waals surface area contributed by atoms with Crippen LogP contribution in [0.25, 0.3) is 0 Å². The zero-order valence-corrected chi connectivity index (χ0v) is 12.0. The van der Waals surface area contributed by atoms with E-state index in [0.29, 0.717) is 17.2 Å². The topological polar surface area (TPSA) is 50.7 Å². The summed E-state index contributed by atoms with van der Waals surface area (Å²) < 4.78 is 23.6. The number of methoxy groups -OCH3 is 2. The second-order valence-corrected chi connectivity index (χ2v) is 4.50. The second-order valence-electron chi connectivity index (χ2n) is 4.50. The van der Waals surface area contributed by atoms with Crippen LogP contribution in [0.15, 0.2) is 42.5 Å². The Labute approximate surface area is 123 Å². The normalized spacial score (nSPS) is 11.8. The minimum atomic E-state index is -0.369. The van der Waals surface area contributed by atoms with Crippen molar-refractivity contribution in [3.63, 3.8) is 0 Å². The average molecular weight is 291 g/mol. The lowest BCUT2D eigenvalue weighted by molar-refractivity contribution is 0.275. The molecule has 2 N–H and O–H groups in total. The number of aliphatic hydroxyl groups is 1. The minimum Gasteiger partial charge on any atom is -0.493 e. The lowest BCUT2D eigenvalue weighted by Gasteiger charge is -2.19. The number of halogens is 1. The molecular weight excluding hydrogens is 273 g/mol. The van der Waals surface area contributed by atoms with Crippen molar-refractivity contribution in [1.82, 2.24) is 0 Å². The Morgan fingerprint density at radius 3 is 2.48 bits per heavy atom. The second kappa shape index (κ2) is 6.95. The maximum Gasteiger partial charge on any atom is 0.161 e. The molecule has 21 heavy (non-hydrogen) atoms. The highest BCUT2D eigenvalue weighted by atomic mass is 19.1. The van der Waals surface area contributed by atoms with E-state index in [4.69, 9.17) is 9.47 Å². The van der Waals surface area contributed by atoms with Crippen molar-refractivity contribution in [3.8, 4) is 11.5 Å². The Hall–Kier alpha value is -2.27. The Balaban J connectivity index is 2.25. The van der Waals surface area contributed by atoms with Crippen LogP contribution < -0.4 is 14.8 Å². The van der Waals surface area contributed by atoms with Gasteiger partial charge < -0.3 is 19.9 Å². The van der Waals surface area contributed by atoms with Crippen molar-refractivity contribution >= 4 is 5.69 Å². The molecule has 5 heteroatoms. The van der Waals surface area contributed by atoms with E-state index < -0.39 is 0 Å². The summed E-state index contributed by atoms with van der Waals surface area (Å²) in [5.74, 6) is 0.863. The molecule has 0 bridgehead atoms. The first kappa shape index (κ1) is 15.1. The zero-order valence-electron chi connectivity index (χ0n) is 12.0.